The van der Waals surface area contributed by atoms with Crippen molar-refractivity contribution < 1.29 is 4.39 Å². The molecule has 0 spiro atoms. The highest BCUT2D eigenvalue weighted by Gasteiger charge is 2.08. The minimum atomic E-state index is -0.408. The second-order valence-corrected chi connectivity index (χ2v) is 5.41. The van der Waals surface area contributed by atoms with E-state index in [0.29, 0.717) is 10.5 Å². The van der Waals surface area contributed by atoms with Gasteiger partial charge in [0.2, 0.25) is 0 Å². The van der Waals surface area contributed by atoms with Crippen molar-refractivity contribution in [3.05, 3.63) is 34.6 Å². The van der Waals surface area contributed by atoms with Gasteiger partial charge in [-0.15, -0.1) is 10.2 Å². The molecule has 1 aromatic carbocycles. The Balaban J connectivity index is 2.31. The predicted octanol–water partition coefficient (Wildman–Crippen LogP) is 3.01. The predicted molar refractivity (Wildman–Crippen MR) is 59.9 cm³/mol. The van der Waals surface area contributed by atoms with Gasteiger partial charge < -0.3 is 0 Å². The zero-order valence-corrected chi connectivity index (χ0v) is 9.90. The first-order chi connectivity index (χ1) is 7.69. The van der Waals surface area contributed by atoms with Crippen LogP contribution in [0.25, 0.3) is 0 Å². The van der Waals surface area contributed by atoms with Gasteiger partial charge >= 0.3 is 0 Å². The van der Waals surface area contributed by atoms with Crippen molar-refractivity contribution in [2.45, 2.75) is 16.2 Å². The van der Waals surface area contributed by atoms with Crippen LogP contribution in [0, 0.1) is 24.1 Å². The van der Waals surface area contributed by atoms with Crippen LogP contribution in [-0.2, 0) is 0 Å². The Morgan fingerprint density at radius 1 is 1.44 bits per heavy atom. The number of nitrogens with zero attached hydrogens (tertiary/aromatic N) is 3. The van der Waals surface area contributed by atoms with E-state index in [4.69, 9.17) is 5.26 Å². The molecule has 0 aliphatic rings. The van der Waals surface area contributed by atoms with Gasteiger partial charge in [0.1, 0.15) is 16.9 Å². The number of aromatic nitrogens is 2. The van der Waals surface area contributed by atoms with E-state index in [0.717, 1.165) is 9.35 Å². The van der Waals surface area contributed by atoms with Crippen LogP contribution in [0.4, 0.5) is 4.39 Å². The van der Waals surface area contributed by atoms with Crippen LogP contribution in [0.1, 0.15) is 10.6 Å². The van der Waals surface area contributed by atoms with Crippen molar-refractivity contribution in [2.75, 3.05) is 0 Å². The zero-order valence-electron chi connectivity index (χ0n) is 8.27. The summed E-state index contributed by atoms with van der Waals surface area (Å²) < 4.78 is 13.6. The lowest BCUT2D eigenvalue weighted by Crippen LogP contribution is -1.83. The summed E-state index contributed by atoms with van der Waals surface area (Å²) in [5, 5.41) is 17.5. The average molecular weight is 251 g/mol. The van der Waals surface area contributed by atoms with Gasteiger partial charge in [-0.1, -0.05) is 23.1 Å². The first-order valence-corrected chi connectivity index (χ1v) is 6.00. The second kappa shape index (κ2) is 4.60. The van der Waals surface area contributed by atoms with Gasteiger partial charge in [0.15, 0.2) is 4.34 Å². The Morgan fingerprint density at radius 3 is 2.88 bits per heavy atom. The molecule has 0 aliphatic carbocycles. The van der Waals surface area contributed by atoms with E-state index in [1.165, 1.54) is 35.2 Å². The lowest BCUT2D eigenvalue weighted by Gasteiger charge is -1.99. The van der Waals surface area contributed by atoms with Crippen molar-refractivity contribution in [3.8, 4) is 6.07 Å². The number of rotatable bonds is 2. The van der Waals surface area contributed by atoms with Crippen LogP contribution in [0.2, 0.25) is 0 Å². The Kier molecular flexibility index (Phi) is 3.17. The zero-order chi connectivity index (χ0) is 11.5. The topological polar surface area (TPSA) is 49.6 Å². The maximum absolute atomic E-state index is 12.9. The minimum absolute atomic E-state index is 0.317. The molecule has 0 bridgehead atoms. The van der Waals surface area contributed by atoms with Gasteiger partial charge in [-0.05, 0) is 25.1 Å². The fourth-order valence-corrected chi connectivity index (χ4v) is 2.93. The molecule has 2 rings (SSSR count). The summed E-state index contributed by atoms with van der Waals surface area (Å²) in [7, 11) is 0. The third kappa shape index (κ3) is 2.38. The maximum atomic E-state index is 12.9. The molecule has 3 nitrogen and oxygen atoms in total. The van der Waals surface area contributed by atoms with Crippen LogP contribution < -0.4 is 0 Å². The molecule has 0 saturated heterocycles. The quantitative estimate of drug-likeness (QED) is 0.823. The van der Waals surface area contributed by atoms with Crippen molar-refractivity contribution in [1.82, 2.24) is 10.2 Å². The molecule has 1 aromatic heterocycles. The highest BCUT2D eigenvalue weighted by atomic mass is 32.2. The molecule has 0 fully saturated rings. The fraction of sp³-hybridized carbons (Fsp3) is 0.100. The summed E-state index contributed by atoms with van der Waals surface area (Å²) >= 11 is 2.77. The van der Waals surface area contributed by atoms with Crippen molar-refractivity contribution in [3.63, 3.8) is 0 Å². The van der Waals surface area contributed by atoms with E-state index in [1.807, 2.05) is 13.0 Å². The Bertz CT molecular complexity index is 559. The van der Waals surface area contributed by atoms with E-state index < -0.39 is 5.82 Å². The highest BCUT2D eigenvalue weighted by Crippen LogP contribution is 2.32. The molecule has 0 atom stereocenters. The number of hydrogen-bond acceptors (Lipinski definition) is 5. The summed E-state index contributed by atoms with van der Waals surface area (Å²) in [5.74, 6) is -0.408. The Hall–Kier alpha value is -1.45. The fourth-order valence-electron chi connectivity index (χ4n) is 1.09. The van der Waals surface area contributed by atoms with E-state index in [9.17, 15) is 4.39 Å². The molecule has 0 aliphatic heterocycles. The number of aryl methyl sites for hydroxylation is 1. The van der Waals surface area contributed by atoms with Crippen molar-refractivity contribution >= 4 is 23.1 Å². The summed E-state index contributed by atoms with van der Waals surface area (Å²) in [6.45, 7) is 1.86. The molecule has 6 heteroatoms. The molecule has 2 aromatic rings. The maximum Gasteiger partial charge on any atom is 0.179 e. The third-order valence-corrected chi connectivity index (χ3v) is 3.73. The monoisotopic (exact) mass is 251 g/mol. The minimum Gasteiger partial charge on any atom is -0.207 e. The van der Waals surface area contributed by atoms with Gasteiger partial charge in [0.05, 0.1) is 5.56 Å². The average Bonchev–Trinajstić information content (AvgIpc) is 2.67. The van der Waals surface area contributed by atoms with Crippen LogP contribution in [0.5, 0.6) is 0 Å². The molecule has 0 unspecified atom stereocenters. The number of halogens is 1. The van der Waals surface area contributed by atoms with Crippen LogP contribution >= 0.6 is 23.1 Å². The molecule has 16 heavy (non-hydrogen) atoms. The van der Waals surface area contributed by atoms with Gasteiger partial charge in [-0.2, -0.15) is 5.26 Å². The smallest absolute Gasteiger partial charge is 0.179 e. The molecule has 0 N–H and O–H groups in total. The van der Waals surface area contributed by atoms with Gasteiger partial charge in [0.25, 0.3) is 0 Å². The molecule has 0 amide bonds. The van der Waals surface area contributed by atoms with Crippen LogP contribution in [0.3, 0.4) is 0 Å². The summed E-state index contributed by atoms with van der Waals surface area (Å²) in [6.07, 6.45) is 0. The molecular weight excluding hydrogens is 245 g/mol. The molecule has 80 valence electrons. The number of hydrogen-bond donors (Lipinski definition) is 0. The first-order valence-electron chi connectivity index (χ1n) is 4.36. The Morgan fingerprint density at radius 2 is 2.25 bits per heavy atom. The van der Waals surface area contributed by atoms with E-state index in [2.05, 4.69) is 10.2 Å². The standard InChI is InChI=1S/C10H6FN3S2/c1-6-13-14-10(15-6)16-9-3-2-8(11)4-7(9)5-12/h2-4H,1H3. The Labute approximate surface area is 99.9 Å². The molecule has 0 radical (unpaired) electrons. The van der Waals surface area contributed by atoms with Gasteiger partial charge in [-0.3, -0.25) is 0 Å². The van der Waals surface area contributed by atoms with Gasteiger partial charge in [-0.25, -0.2) is 4.39 Å². The van der Waals surface area contributed by atoms with E-state index in [-0.39, 0.29) is 0 Å². The number of benzene rings is 1. The highest BCUT2D eigenvalue weighted by molar-refractivity contribution is 8.01. The van der Waals surface area contributed by atoms with E-state index in [1.54, 1.807) is 6.07 Å². The van der Waals surface area contributed by atoms with Crippen molar-refractivity contribution in [2.24, 2.45) is 0 Å². The van der Waals surface area contributed by atoms with Crippen LogP contribution in [0.15, 0.2) is 27.4 Å². The molecule has 1 heterocycles. The normalized spacial score (nSPS) is 10.1. The third-order valence-electron chi connectivity index (χ3n) is 1.77. The summed E-state index contributed by atoms with van der Waals surface area (Å²) in [5.41, 5.74) is 0.317. The first kappa shape index (κ1) is 11.0. The van der Waals surface area contributed by atoms with Crippen molar-refractivity contribution in [1.29, 1.82) is 5.26 Å². The molecular formula is C10H6FN3S2. The number of nitriles is 1. The lowest BCUT2D eigenvalue weighted by atomic mass is 10.2. The summed E-state index contributed by atoms with van der Waals surface area (Å²) in [4.78, 5) is 0.694. The largest absolute Gasteiger partial charge is 0.207 e. The van der Waals surface area contributed by atoms with Crippen LogP contribution in [-0.4, -0.2) is 10.2 Å². The lowest BCUT2D eigenvalue weighted by molar-refractivity contribution is 0.626. The molecule has 0 saturated carbocycles. The van der Waals surface area contributed by atoms with Gasteiger partial charge in [0, 0.05) is 4.90 Å². The SMILES string of the molecule is Cc1nnc(Sc2ccc(F)cc2C#N)s1. The second-order valence-electron chi connectivity index (χ2n) is 2.94. The van der Waals surface area contributed by atoms with E-state index >= 15 is 0 Å². The summed E-state index contributed by atoms with van der Waals surface area (Å²) in [6, 6.07) is 6.09.